The van der Waals surface area contributed by atoms with Gasteiger partial charge in [-0.1, -0.05) is 60.5 Å². The van der Waals surface area contributed by atoms with Crippen molar-refractivity contribution >= 4 is 23.2 Å². The summed E-state index contributed by atoms with van der Waals surface area (Å²) in [6.07, 6.45) is 1.08. The van der Waals surface area contributed by atoms with Crippen LogP contribution in [0.25, 0.3) is 0 Å². The Morgan fingerprint density at radius 3 is 2.45 bits per heavy atom. The highest BCUT2D eigenvalue weighted by Gasteiger charge is 2.16. The molecule has 0 spiro atoms. The minimum Gasteiger partial charge on any atom is -0.306 e. The second kappa shape index (κ2) is 7.12. The van der Waals surface area contributed by atoms with Gasteiger partial charge in [0, 0.05) is 10.0 Å². The first-order chi connectivity index (χ1) is 9.63. The van der Waals surface area contributed by atoms with E-state index in [4.69, 9.17) is 23.2 Å². The van der Waals surface area contributed by atoms with Crippen molar-refractivity contribution < 1.29 is 0 Å². The van der Waals surface area contributed by atoms with Crippen LogP contribution in [0.15, 0.2) is 42.5 Å². The molecule has 0 aliphatic carbocycles. The lowest BCUT2D eigenvalue weighted by molar-refractivity contribution is 0.598. The maximum Gasteiger partial charge on any atom is 0.0591 e. The van der Waals surface area contributed by atoms with Gasteiger partial charge in [-0.2, -0.15) is 0 Å². The zero-order valence-electron chi connectivity index (χ0n) is 11.8. The third-order valence-corrected chi connectivity index (χ3v) is 4.10. The van der Waals surface area contributed by atoms with Crippen LogP contribution in [0.3, 0.4) is 0 Å². The van der Waals surface area contributed by atoms with Crippen LogP contribution in [0.5, 0.6) is 0 Å². The predicted octanol–water partition coefficient (Wildman–Crippen LogP) is 5.39. The largest absolute Gasteiger partial charge is 0.306 e. The van der Waals surface area contributed by atoms with Crippen LogP contribution in [-0.4, -0.2) is 6.54 Å². The standard InChI is InChI=1S/C17H19Cl2N/c1-3-10-20-17(14-6-4-5-7-16(14)19)13-8-9-15(18)12(2)11-13/h4-9,11,17,20H,3,10H2,1-2H3. The SMILES string of the molecule is CCCNC(c1ccc(Cl)c(C)c1)c1ccccc1Cl. The second-order valence-corrected chi connectivity index (χ2v) is 5.73. The third kappa shape index (κ3) is 3.54. The van der Waals surface area contributed by atoms with Crippen molar-refractivity contribution in [2.24, 2.45) is 0 Å². The highest BCUT2D eigenvalue weighted by molar-refractivity contribution is 6.31. The fourth-order valence-corrected chi connectivity index (χ4v) is 2.62. The van der Waals surface area contributed by atoms with Crippen molar-refractivity contribution in [3.8, 4) is 0 Å². The Bertz CT molecular complexity index is 581. The molecule has 0 heterocycles. The quantitative estimate of drug-likeness (QED) is 0.780. The number of benzene rings is 2. The van der Waals surface area contributed by atoms with E-state index in [2.05, 4.69) is 30.4 Å². The second-order valence-electron chi connectivity index (χ2n) is 4.92. The topological polar surface area (TPSA) is 12.0 Å². The van der Waals surface area contributed by atoms with Gasteiger partial charge >= 0.3 is 0 Å². The molecule has 3 heteroatoms. The zero-order chi connectivity index (χ0) is 14.5. The van der Waals surface area contributed by atoms with Crippen LogP contribution in [0, 0.1) is 6.92 Å². The molecule has 0 amide bonds. The minimum atomic E-state index is 0.0969. The molecule has 1 unspecified atom stereocenters. The Balaban J connectivity index is 2.41. The van der Waals surface area contributed by atoms with Crippen LogP contribution in [0.2, 0.25) is 10.0 Å². The van der Waals surface area contributed by atoms with Crippen LogP contribution < -0.4 is 5.32 Å². The Morgan fingerprint density at radius 1 is 1.05 bits per heavy atom. The number of aryl methyl sites for hydroxylation is 1. The molecule has 0 saturated heterocycles. The number of hydrogen-bond donors (Lipinski definition) is 1. The average molecular weight is 308 g/mol. The smallest absolute Gasteiger partial charge is 0.0591 e. The van der Waals surface area contributed by atoms with E-state index in [1.54, 1.807) is 0 Å². The van der Waals surface area contributed by atoms with Gasteiger partial charge in [-0.3, -0.25) is 0 Å². The summed E-state index contributed by atoms with van der Waals surface area (Å²) in [5, 5.41) is 5.14. The van der Waals surface area contributed by atoms with Crippen molar-refractivity contribution in [3.05, 3.63) is 69.2 Å². The van der Waals surface area contributed by atoms with E-state index in [9.17, 15) is 0 Å². The van der Waals surface area contributed by atoms with E-state index >= 15 is 0 Å². The van der Waals surface area contributed by atoms with Crippen LogP contribution in [-0.2, 0) is 0 Å². The summed E-state index contributed by atoms with van der Waals surface area (Å²) in [4.78, 5) is 0. The molecule has 0 radical (unpaired) electrons. The monoisotopic (exact) mass is 307 g/mol. The molecule has 106 valence electrons. The fourth-order valence-electron chi connectivity index (χ4n) is 2.25. The predicted molar refractivity (Wildman–Crippen MR) is 87.8 cm³/mol. The summed E-state index contributed by atoms with van der Waals surface area (Å²) < 4.78 is 0. The normalized spacial score (nSPS) is 12.4. The highest BCUT2D eigenvalue weighted by atomic mass is 35.5. The van der Waals surface area contributed by atoms with Gasteiger partial charge in [0.1, 0.15) is 0 Å². The molecule has 0 bridgehead atoms. The summed E-state index contributed by atoms with van der Waals surface area (Å²) >= 11 is 12.5. The van der Waals surface area contributed by atoms with Crippen molar-refractivity contribution in [2.45, 2.75) is 26.3 Å². The molecule has 0 aliphatic rings. The molecule has 1 nitrogen and oxygen atoms in total. The number of hydrogen-bond acceptors (Lipinski definition) is 1. The van der Waals surface area contributed by atoms with Gasteiger partial charge in [0.2, 0.25) is 0 Å². The van der Waals surface area contributed by atoms with Gasteiger partial charge in [0.25, 0.3) is 0 Å². The van der Waals surface area contributed by atoms with Gasteiger partial charge in [-0.05, 0) is 48.7 Å². The Morgan fingerprint density at radius 2 is 1.80 bits per heavy atom. The molecule has 20 heavy (non-hydrogen) atoms. The van der Waals surface area contributed by atoms with E-state index in [0.717, 1.165) is 34.1 Å². The van der Waals surface area contributed by atoms with E-state index in [1.807, 2.05) is 31.2 Å². The summed E-state index contributed by atoms with van der Waals surface area (Å²) in [5.41, 5.74) is 3.37. The summed E-state index contributed by atoms with van der Waals surface area (Å²) in [7, 11) is 0. The highest BCUT2D eigenvalue weighted by Crippen LogP contribution is 2.30. The molecule has 2 aromatic rings. The van der Waals surface area contributed by atoms with Gasteiger partial charge in [-0.25, -0.2) is 0 Å². The molecule has 0 fully saturated rings. The van der Waals surface area contributed by atoms with Crippen molar-refractivity contribution in [2.75, 3.05) is 6.54 Å². The maximum atomic E-state index is 6.35. The van der Waals surface area contributed by atoms with Gasteiger partial charge in [-0.15, -0.1) is 0 Å². The van der Waals surface area contributed by atoms with E-state index in [1.165, 1.54) is 5.56 Å². The lowest BCUT2D eigenvalue weighted by atomic mass is 9.97. The van der Waals surface area contributed by atoms with E-state index in [0.29, 0.717) is 0 Å². The van der Waals surface area contributed by atoms with Crippen molar-refractivity contribution in [1.29, 1.82) is 0 Å². The van der Waals surface area contributed by atoms with Crippen LogP contribution in [0.1, 0.15) is 36.1 Å². The molecule has 2 rings (SSSR count). The first-order valence-corrected chi connectivity index (χ1v) is 7.63. The number of rotatable bonds is 5. The van der Waals surface area contributed by atoms with Crippen molar-refractivity contribution in [3.63, 3.8) is 0 Å². The summed E-state index contributed by atoms with van der Waals surface area (Å²) in [6.45, 7) is 5.12. The van der Waals surface area contributed by atoms with E-state index in [-0.39, 0.29) is 6.04 Å². The molecule has 0 aliphatic heterocycles. The van der Waals surface area contributed by atoms with Gasteiger partial charge < -0.3 is 5.32 Å². The average Bonchev–Trinajstić information content (AvgIpc) is 2.44. The van der Waals surface area contributed by atoms with Crippen LogP contribution in [0.4, 0.5) is 0 Å². The molecular weight excluding hydrogens is 289 g/mol. The lowest BCUT2D eigenvalue weighted by Gasteiger charge is -2.21. The van der Waals surface area contributed by atoms with E-state index < -0.39 is 0 Å². The molecule has 2 aromatic carbocycles. The minimum absolute atomic E-state index is 0.0969. The lowest BCUT2D eigenvalue weighted by Crippen LogP contribution is -2.23. The Hall–Kier alpha value is -1.02. The third-order valence-electron chi connectivity index (χ3n) is 3.33. The first kappa shape index (κ1) is 15.4. The molecule has 0 aromatic heterocycles. The number of nitrogens with one attached hydrogen (secondary N) is 1. The van der Waals surface area contributed by atoms with Gasteiger partial charge in [0.15, 0.2) is 0 Å². The first-order valence-electron chi connectivity index (χ1n) is 6.87. The van der Waals surface area contributed by atoms with Crippen molar-refractivity contribution in [1.82, 2.24) is 5.32 Å². The summed E-state index contributed by atoms with van der Waals surface area (Å²) in [6, 6.07) is 14.2. The van der Waals surface area contributed by atoms with Gasteiger partial charge in [0.05, 0.1) is 6.04 Å². The molecule has 1 atom stereocenters. The van der Waals surface area contributed by atoms with Crippen LogP contribution >= 0.6 is 23.2 Å². The number of halogens is 2. The fraction of sp³-hybridized carbons (Fsp3) is 0.294. The summed E-state index contributed by atoms with van der Waals surface area (Å²) in [5.74, 6) is 0. The maximum absolute atomic E-state index is 6.35. The molecular formula is C17H19Cl2N. The molecule has 0 saturated carbocycles. The Kier molecular flexibility index (Phi) is 5.47. The Labute approximate surface area is 130 Å². The zero-order valence-corrected chi connectivity index (χ0v) is 13.3. The molecule has 1 N–H and O–H groups in total.